The highest BCUT2D eigenvalue weighted by molar-refractivity contribution is 6.14. The summed E-state index contributed by atoms with van der Waals surface area (Å²) < 4.78 is 11.3. The molecule has 0 atom stereocenters. The number of rotatable bonds is 4. The van der Waals surface area contributed by atoms with Gasteiger partial charge in [-0.25, -0.2) is 0 Å². The Morgan fingerprint density at radius 1 is 0.962 bits per heavy atom. The number of aromatic hydroxyl groups is 1. The van der Waals surface area contributed by atoms with Crippen LogP contribution in [-0.2, 0) is 6.61 Å². The van der Waals surface area contributed by atoms with Gasteiger partial charge in [0.25, 0.3) is 0 Å². The summed E-state index contributed by atoms with van der Waals surface area (Å²) in [6, 6.07) is 21.9. The average molecular weight is 344 g/mol. The van der Waals surface area contributed by atoms with Crippen molar-refractivity contribution in [2.24, 2.45) is 0 Å². The van der Waals surface area contributed by atoms with E-state index >= 15 is 0 Å². The first-order valence-corrected chi connectivity index (χ1v) is 8.23. The summed E-state index contributed by atoms with van der Waals surface area (Å²) in [6.45, 7) is 0.502. The Morgan fingerprint density at radius 3 is 2.50 bits per heavy atom. The van der Waals surface area contributed by atoms with Crippen LogP contribution in [0.15, 0.2) is 78.6 Å². The molecule has 128 valence electrons. The number of hydrogen-bond acceptors (Lipinski definition) is 4. The summed E-state index contributed by atoms with van der Waals surface area (Å²) >= 11 is 0. The standard InChI is InChI=1S/C22H16O4/c23-17-8-11-19-20(13-17)26-21(22(19)24)12-15-6-9-18(10-7-15)25-14-16-4-2-1-3-5-16/h1-13,23H,14H2/b21-12-. The summed E-state index contributed by atoms with van der Waals surface area (Å²) in [5.41, 5.74) is 2.39. The second-order valence-electron chi connectivity index (χ2n) is 5.96. The van der Waals surface area contributed by atoms with Gasteiger partial charge < -0.3 is 14.6 Å². The van der Waals surface area contributed by atoms with E-state index in [-0.39, 0.29) is 17.3 Å². The smallest absolute Gasteiger partial charge is 0.231 e. The summed E-state index contributed by atoms with van der Waals surface area (Å²) in [6.07, 6.45) is 1.68. The molecule has 26 heavy (non-hydrogen) atoms. The highest BCUT2D eigenvalue weighted by Crippen LogP contribution is 2.34. The Balaban J connectivity index is 1.46. The molecule has 1 N–H and O–H groups in total. The van der Waals surface area contributed by atoms with Crippen molar-refractivity contribution in [3.05, 3.63) is 95.2 Å². The van der Waals surface area contributed by atoms with Crippen molar-refractivity contribution in [3.63, 3.8) is 0 Å². The van der Waals surface area contributed by atoms with Gasteiger partial charge in [0.05, 0.1) is 5.56 Å². The molecule has 4 nitrogen and oxygen atoms in total. The number of carbonyl (C=O) groups is 1. The van der Waals surface area contributed by atoms with Crippen LogP contribution in [-0.4, -0.2) is 10.9 Å². The molecule has 0 fully saturated rings. The maximum Gasteiger partial charge on any atom is 0.231 e. The molecule has 4 heteroatoms. The fourth-order valence-corrected chi connectivity index (χ4v) is 2.73. The summed E-state index contributed by atoms with van der Waals surface area (Å²) in [4.78, 5) is 12.3. The lowest BCUT2D eigenvalue weighted by molar-refractivity contribution is 0.101. The number of phenols is 1. The zero-order valence-electron chi connectivity index (χ0n) is 13.9. The van der Waals surface area contributed by atoms with Gasteiger partial charge in [-0.3, -0.25) is 4.79 Å². The predicted octanol–water partition coefficient (Wildman–Crippen LogP) is 4.59. The van der Waals surface area contributed by atoms with Crippen LogP contribution < -0.4 is 9.47 Å². The Bertz CT molecular complexity index is 973. The van der Waals surface area contributed by atoms with Crippen LogP contribution in [0, 0.1) is 0 Å². The van der Waals surface area contributed by atoms with Gasteiger partial charge in [-0.1, -0.05) is 42.5 Å². The number of Topliss-reactive ketones (excluding diaryl/α,β-unsaturated/α-hetero) is 1. The van der Waals surface area contributed by atoms with E-state index in [2.05, 4.69) is 0 Å². The molecular formula is C22H16O4. The first-order chi connectivity index (χ1) is 12.7. The van der Waals surface area contributed by atoms with Gasteiger partial charge in [-0.15, -0.1) is 0 Å². The van der Waals surface area contributed by atoms with Crippen LogP contribution in [0.3, 0.4) is 0 Å². The van der Waals surface area contributed by atoms with E-state index in [1.807, 2.05) is 54.6 Å². The van der Waals surface area contributed by atoms with E-state index in [9.17, 15) is 9.90 Å². The lowest BCUT2D eigenvalue weighted by Crippen LogP contribution is -1.98. The number of hydrogen-bond donors (Lipinski definition) is 1. The Hall–Kier alpha value is -3.53. The van der Waals surface area contributed by atoms with Crippen molar-refractivity contribution in [2.45, 2.75) is 6.61 Å². The summed E-state index contributed by atoms with van der Waals surface area (Å²) in [7, 11) is 0. The van der Waals surface area contributed by atoms with Crippen LogP contribution in [0.2, 0.25) is 0 Å². The molecular weight excluding hydrogens is 328 g/mol. The molecule has 1 heterocycles. The van der Waals surface area contributed by atoms with Gasteiger partial charge in [0.15, 0.2) is 5.76 Å². The molecule has 0 bridgehead atoms. The van der Waals surface area contributed by atoms with Gasteiger partial charge in [0.1, 0.15) is 23.9 Å². The molecule has 0 saturated carbocycles. The average Bonchev–Trinajstić information content (AvgIpc) is 2.97. The minimum Gasteiger partial charge on any atom is -0.508 e. The molecule has 0 saturated heterocycles. The van der Waals surface area contributed by atoms with Crippen molar-refractivity contribution in [1.82, 2.24) is 0 Å². The minimum absolute atomic E-state index is 0.0673. The normalized spacial score (nSPS) is 14.2. The molecule has 0 radical (unpaired) electrons. The van der Waals surface area contributed by atoms with Crippen molar-refractivity contribution in [2.75, 3.05) is 0 Å². The Labute approximate surface area is 150 Å². The predicted molar refractivity (Wildman–Crippen MR) is 98.3 cm³/mol. The highest BCUT2D eigenvalue weighted by atomic mass is 16.5. The van der Waals surface area contributed by atoms with Crippen molar-refractivity contribution >= 4 is 11.9 Å². The van der Waals surface area contributed by atoms with E-state index in [4.69, 9.17) is 9.47 Å². The molecule has 3 aromatic rings. The number of allylic oxidation sites excluding steroid dienone is 1. The molecule has 4 rings (SSSR count). The van der Waals surface area contributed by atoms with Crippen LogP contribution in [0.1, 0.15) is 21.5 Å². The fraction of sp³-hybridized carbons (Fsp3) is 0.0455. The van der Waals surface area contributed by atoms with Crippen LogP contribution in [0.4, 0.5) is 0 Å². The number of ether oxygens (including phenoxy) is 2. The summed E-state index contributed by atoms with van der Waals surface area (Å²) in [5.74, 6) is 1.25. The zero-order valence-corrected chi connectivity index (χ0v) is 13.9. The third-order valence-electron chi connectivity index (χ3n) is 4.08. The first-order valence-electron chi connectivity index (χ1n) is 8.23. The molecule has 0 spiro atoms. The van der Waals surface area contributed by atoms with Gasteiger partial charge in [0.2, 0.25) is 5.78 Å². The molecule has 0 amide bonds. The minimum atomic E-state index is -0.190. The monoisotopic (exact) mass is 344 g/mol. The van der Waals surface area contributed by atoms with Gasteiger partial charge in [-0.05, 0) is 41.5 Å². The molecule has 1 aliphatic heterocycles. The van der Waals surface area contributed by atoms with E-state index < -0.39 is 0 Å². The first kappa shape index (κ1) is 16.0. The Morgan fingerprint density at radius 2 is 1.73 bits per heavy atom. The van der Waals surface area contributed by atoms with Crippen LogP contribution in [0.5, 0.6) is 17.2 Å². The van der Waals surface area contributed by atoms with Gasteiger partial charge in [-0.2, -0.15) is 0 Å². The third-order valence-corrected chi connectivity index (χ3v) is 4.08. The maximum absolute atomic E-state index is 12.3. The largest absolute Gasteiger partial charge is 0.508 e. The third kappa shape index (κ3) is 3.30. The second-order valence-corrected chi connectivity index (χ2v) is 5.96. The lowest BCUT2D eigenvalue weighted by Gasteiger charge is -2.06. The molecule has 0 aliphatic carbocycles. The fourth-order valence-electron chi connectivity index (χ4n) is 2.73. The lowest BCUT2D eigenvalue weighted by atomic mass is 10.1. The highest BCUT2D eigenvalue weighted by Gasteiger charge is 2.27. The quantitative estimate of drug-likeness (QED) is 0.704. The van der Waals surface area contributed by atoms with E-state index in [1.165, 1.54) is 12.1 Å². The number of benzene rings is 3. The zero-order chi connectivity index (χ0) is 17.9. The Kier molecular flexibility index (Phi) is 4.15. The molecule has 0 unspecified atom stereocenters. The van der Waals surface area contributed by atoms with Crippen molar-refractivity contribution in [3.8, 4) is 17.2 Å². The summed E-state index contributed by atoms with van der Waals surface area (Å²) in [5, 5.41) is 9.50. The van der Waals surface area contributed by atoms with Gasteiger partial charge in [0, 0.05) is 6.07 Å². The molecule has 0 aromatic heterocycles. The SMILES string of the molecule is O=C1/C(=C/c2ccc(OCc3ccccc3)cc2)Oc2cc(O)ccc21. The van der Waals surface area contributed by atoms with Gasteiger partial charge >= 0.3 is 0 Å². The maximum atomic E-state index is 12.3. The number of ketones is 1. The topological polar surface area (TPSA) is 55.8 Å². The van der Waals surface area contributed by atoms with Crippen molar-refractivity contribution < 1.29 is 19.4 Å². The molecule has 1 aliphatic rings. The molecule has 3 aromatic carbocycles. The van der Waals surface area contributed by atoms with E-state index in [1.54, 1.807) is 12.1 Å². The number of fused-ring (bicyclic) bond motifs is 1. The van der Waals surface area contributed by atoms with Crippen molar-refractivity contribution in [1.29, 1.82) is 0 Å². The second kappa shape index (κ2) is 6.76. The van der Waals surface area contributed by atoms with Crippen LogP contribution in [0.25, 0.3) is 6.08 Å². The number of carbonyl (C=O) groups excluding carboxylic acids is 1. The number of phenolic OH excluding ortho intramolecular Hbond substituents is 1. The van der Waals surface area contributed by atoms with E-state index in [0.717, 1.165) is 16.9 Å². The van der Waals surface area contributed by atoms with E-state index in [0.29, 0.717) is 17.9 Å². The van der Waals surface area contributed by atoms with Crippen LogP contribution >= 0.6 is 0 Å².